The number of benzene rings is 3. The molecule has 1 aliphatic heterocycles. The van der Waals surface area contributed by atoms with Gasteiger partial charge in [0.1, 0.15) is 5.76 Å². The van der Waals surface area contributed by atoms with Gasteiger partial charge in [0.15, 0.2) is 11.5 Å². The number of Topliss-reactive ketones (excluding diaryl/α,β-unsaturated/α-hetero) is 1. The van der Waals surface area contributed by atoms with Gasteiger partial charge in [0, 0.05) is 43.2 Å². The summed E-state index contributed by atoms with van der Waals surface area (Å²) in [6, 6.07) is 16.1. The van der Waals surface area contributed by atoms with Crippen LogP contribution >= 0.6 is 0 Å². The third-order valence-corrected chi connectivity index (χ3v) is 6.16. The SMILES string of the molecule is COc1ccc(C2/C(=C(/O)c3ccc([N+](=O)[O-])cc3)C(=O)C(=O)N2c2ccc(N(C)C)cc2)cc1OC. The fraction of sp³-hybridized carbons (Fsp3) is 0.185. The van der Waals surface area contributed by atoms with Crippen LogP contribution in [-0.2, 0) is 9.59 Å². The molecule has 3 aromatic rings. The van der Waals surface area contributed by atoms with Crippen molar-refractivity contribution < 1.29 is 29.1 Å². The van der Waals surface area contributed by atoms with Gasteiger partial charge in [0.05, 0.1) is 30.8 Å². The van der Waals surface area contributed by atoms with Crippen molar-refractivity contribution in [2.45, 2.75) is 6.04 Å². The number of amides is 1. The fourth-order valence-corrected chi connectivity index (χ4v) is 4.25. The molecule has 1 fully saturated rings. The zero-order chi connectivity index (χ0) is 26.9. The minimum atomic E-state index is -1.000. The minimum absolute atomic E-state index is 0.150. The maximum absolute atomic E-state index is 13.4. The molecule has 1 aliphatic rings. The Morgan fingerprint density at radius 1 is 0.946 bits per heavy atom. The molecule has 0 spiro atoms. The molecule has 10 nitrogen and oxygen atoms in total. The molecule has 10 heteroatoms. The van der Waals surface area contributed by atoms with E-state index in [-0.39, 0.29) is 16.8 Å². The van der Waals surface area contributed by atoms with Gasteiger partial charge in [-0.1, -0.05) is 6.07 Å². The zero-order valence-corrected chi connectivity index (χ0v) is 20.7. The highest BCUT2D eigenvalue weighted by molar-refractivity contribution is 6.51. The van der Waals surface area contributed by atoms with Crippen LogP contribution in [0.5, 0.6) is 11.5 Å². The molecule has 0 aromatic heterocycles. The molecule has 0 radical (unpaired) electrons. The highest BCUT2D eigenvalue weighted by atomic mass is 16.6. The van der Waals surface area contributed by atoms with Gasteiger partial charge in [-0.3, -0.25) is 24.6 Å². The summed E-state index contributed by atoms with van der Waals surface area (Å²) in [5.74, 6) is -1.31. The van der Waals surface area contributed by atoms with E-state index in [9.17, 15) is 24.8 Å². The standard InChI is InChI=1S/C27H25N3O7/c1-28(2)18-10-12-19(13-11-18)29-24(17-7-14-21(36-3)22(15-17)37-4)23(26(32)27(29)33)25(31)16-5-8-20(9-6-16)30(34)35/h5-15,24,31H,1-4H3/b25-23-. The van der Waals surface area contributed by atoms with Crippen LogP contribution in [0, 0.1) is 10.1 Å². The van der Waals surface area contributed by atoms with E-state index in [0.29, 0.717) is 22.7 Å². The maximum Gasteiger partial charge on any atom is 0.300 e. The number of carbonyl (C=O) groups is 2. The Hall–Kier alpha value is -4.86. The normalized spacial score (nSPS) is 16.5. The lowest BCUT2D eigenvalue weighted by Crippen LogP contribution is -2.29. The summed E-state index contributed by atoms with van der Waals surface area (Å²) in [6.07, 6.45) is 0. The Bertz CT molecular complexity index is 1400. The zero-order valence-electron chi connectivity index (χ0n) is 20.7. The summed E-state index contributed by atoms with van der Waals surface area (Å²) in [6.45, 7) is 0. The summed E-state index contributed by atoms with van der Waals surface area (Å²) >= 11 is 0. The van der Waals surface area contributed by atoms with Crippen molar-refractivity contribution in [1.29, 1.82) is 0 Å². The third kappa shape index (κ3) is 4.56. The second-order valence-corrected chi connectivity index (χ2v) is 8.50. The van der Waals surface area contributed by atoms with E-state index in [1.807, 2.05) is 31.1 Å². The van der Waals surface area contributed by atoms with Gasteiger partial charge in [-0.25, -0.2) is 0 Å². The molecule has 0 bridgehead atoms. The minimum Gasteiger partial charge on any atom is -0.507 e. The van der Waals surface area contributed by atoms with Crippen LogP contribution < -0.4 is 19.3 Å². The molecule has 1 atom stereocenters. The van der Waals surface area contributed by atoms with Crippen molar-refractivity contribution in [2.24, 2.45) is 0 Å². The highest BCUT2D eigenvalue weighted by Gasteiger charge is 2.47. The average molecular weight is 504 g/mol. The van der Waals surface area contributed by atoms with Gasteiger partial charge in [-0.05, 0) is 54.1 Å². The highest BCUT2D eigenvalue weighted by Crippen LogP contribution is 2.44. The molecule has 1 N–H and O–H groups in total. The van der Waals surface area contributed by atoms with E-state index in [0.717, 1.165) is 5.69 Å². The van der Waals surface area contributed by atoms with E-state index in [4.69, 9.17) is 9.47 Å². The quantitative estimate of drug-likeness (QED) is 0.166. The Balaban J connectivity index is 1.92. The number of aliphatic hydroxyl groups excluding tert-OH is 1. The van der Waals surface area contributed by atoms with Gasteiger partial charge in [0.25, 0.3) is 17.4 Å². The number of carbonyl (C=O) groups excluding carboxylic acids is 2. The van der Waals surface area contributed by atoms with Crippen molar-refractivity contribution in [2.75, 3.05) is 38.1 Å². The van der Waals surface area contributed by atoms with Crippen LogP contribution in [-0.4, -0.2) is 50.0 Å². The molecule has 1 saturated heterocycles. The molecule has 190 valence electrons. The molecule has 37 heavy (non-hydrogen) atoms. The van der Waals surface area contributed by atoms with Gasteiger partial charge in [0.2, 0.25) is 0 Å². The molecule has 1 heterocycles. The number of aliphatic hydroxyl groups is 1. The largest absolute Gasteiger partial charge is 0.507 e. The number of ketones is 1. The lowest BCUT2D eigenvalue weighted by atomic mass is 9.94. The van der Waals surface area contributed by atoms with E-state index >= 15 is 0 Å². The van der Waals surface area contributed by atoms with Crippen LogP contribution in [0.1, 0.15) is 17.2 Å². The van der Waals surface area contributed by atoms with Crippen LogP contribution in [0.15, 0.2) is 72.3 Å². The number of rotatable bonds is 7. The second-order valence-electron chi connectivity index (χ2n) is 8.50. The van der Waals surface area contributed by atoms with Crippen molar-refractivity contribution in [3.8, 4) is 11.5 Å². The first kappa shape index (κ1) is 25.2. The first-order chi connectivity index (χ1) is 17.7. The lowest BCUT2D eigenvalue weighted by Gasteiger charge is -2.26. The molecule has 4 rings (SSSR count). The number of ether oxygens (including phenoxy) is 2. The number of methoxy groups -OCH3 is 2. The van der Waals surface area contributed by atoms with Gasteiger partial charge < -0.3 is 19.5 Å². The van der Waals surface area contributed by atoms with Crippen LogP contribution in [0.4, 0.5) is 17.1 Å². The van der Waals surface area contributed by atoms with Gasteiger partial charge >= 0.3 is 0 Å². The summed E-state index contributed by atoms with van der Waals surface area (Å²) in [4.78, 5) is 40.4. The van der Waals surface area contributed by atoms with Gasteiger partial charge in [-0.2, -0.15) is 0 Å². The molecular weight excluding hydrogens is 478 g/mol. The number of hydrogen-bond donors (Lipinski definition) is 1. The predicted octanol–water partition coefficient (Wildman–Crippen LogP) is 4.30. The van der Waals surface area contributed by atoms with E-state index in [2.05, 4.69) is 0 Å². The first-order valence-corrected chi connectivity index (χ1v) is 11.2. The predicted molar refractivity (Wildman–Crippen MR) is 138 cm³/mol. The Morgan fingerprint density at radius 3 is 2.11 bits per heavy atom. The number of nitrogens with zero attached hydrogens (tertiary/aromatic N) is 3. The fourth-order valence-electron chi connectivity index (χ4n) is 4.25. The molecule has 1 unspecified atom stereocenters. The van der Waals surface area contributed by atoms with Crippen molar-refractivity contribution in [3.63, 3.8) is 0 Å². The van der Waals surface area contributed by atoms with Crippen molar-refractivity contribution >= 4 is 34.5 Å². The Morgan fingerprint density at radius 2 is 1.57 bits per heavy atom. The van der Waals surface area contributed by atoms with Gasteiger partial charge in [-0.15, -0.1) is 0 Å². The molecule has 0 aliphatic carbocycles. The summed E-state index contributed by atoms with van der Waals surface area (Å²) in [5.41, 5.74) is 1.69. The van der Waals surface area contributed by atoms with E-state index < -0.39 is 28.4 Å². The lowest BCUT2D eigenvalue weighted by molar-refractivity contribution is -0.384. The van der Waals surface area contributed by atoms with Crippen molar-refractivity contribution in [1.82, 2.24) is 0 Å². The number of anilines is 2. The van der Waals surface area contributed by atoms with E-state index in [1.54, 1.807) is 30.3 Å². The van der Waals surface area contributed by atoms with Crippen LogP contribution in [0.2, 0.25) is 0 Å². The maximum atomic E-state index is 13.4. The van der Waals surface area contributed by atoms with E-state index in [1.165, 1.54) is 43.4 Å². The topological polar surface area (TPSA) is 122 Å². The number of nitro groups is 1. The molecule has 0 saturated carbocycles. The number of hydrogen-bond acceptors (Lipinski definition) is 8. The Labute approximate surface area is 213 Å². The smallest absolute Gasteiger partial charge is 0.300 e. The van der Waals surface area contributed by atoms with Crippen LogP contribution in [0.25, 0.3) is 5.76 Å². The van der Waals surface area contributed by atoms with Crippen LogP contribution in [0.3, 0.4) is 0 Å². The number of nitro benzene ring substituents is 1. The summed E-state index contributed by atoms with van der Waals surface area (Å²) < 4.78 is 10.8. The number of non-ortho nitro benzene ring substituents is 1. The summed E-state index contributed by atoms with van der Waals surface area (Å²) in [7, 11) is 6.73. The second kappa shape index (κ2) is 10.0. The summed E-state index contributed by atoms with van der Waals surface area (Å²) in [5, 5.41) is 22.3. The molecular formula is C27H25N3O7. The molecule has 1 amide bonds. The third-order valence-electron chi connectivity index (χ3n) is 6.16. The van der Waals surface area contributed by atoms with Crippen molar-refractivity contribution in [3.05, 3.63) is 93.5 Å². The monoisotopic (exact) mass is 503 g/mol. The first-order valence-electron chi connectivity index (χ1n) is 11.2. The molecule has 3 aromatic carbocycles. The average Bonchev–Trinajstić information content (AvgIpc) is 3.17. The Kier molecular flexibility index (Phi) is 6.83.